The van der Waals surface area contributed by atoms with Crippen LogP contribution in [-0.4, -0.2) is 51.3 Å². The molecule has 0 bridgehead atoms. The van der Waals surface area contributed by atoms with E-state index in [1.807, 2.05) is 18.0 Å². The van der Waals surface area contributed by atoms with Crippen LogP contribution >= 0.6 is 11.8 Å². The SMILES string of the molecule is CCCNc1nc(N(C)C2CCSC2)c2cn[nH]c2n1. The van der Waals surface area contributed by atoms with Gasteiger partial charge in [0.2, 0.25) is 5.95 Å². The predicted molar refractivity (Wildman–Crippen MR) is 84.6 cm³/mol. The van der Waals surface area contributed by atoms with Gasteiger partial charge in [-0.3, -0.25) is 5.10 Å². The zero-order valence-electron chi connectivity index (χ0n) is 11.9. The van der Waals surface area contributed by atoms with Gasteiger partial charge >= 0.3 is 0 Å². The molecular weight excluding hydrogens is 272 g/mol. The Balaban J connectivity index is 1.96. The van der Waals surface area contributed by atoms with Crippen LogP contribution in [-0.2, 0) is 0 Å². The molecule has 3 heterocycles. The highest BCUT2D eigenvalue weighted by Gasteiger charge is 2.23. The Kier molecular flexibility index (Phi) is 3.95. The molecule has 0 amide bonds. The smallest absolute Gasteiger partial charge is 0.226 e. The van der Waals surface area contributed by atoms with E-state index in [9.17, 15) is 0 Å². The van der Waals surface area contributed by atoms with Gasteiger partial charge in [0, 0.05) is 25.4 Å². The first-order valence-electron chi connectivity index (χ1n) is 7.05. The van der Waals surface area contributed by atoms with Crippen molar-refractivity contribution in [3.05, 3.63) is 6.20 Å². The summed E-state index contributed by atoms with van der Waals surface area (Å²) in [6.45, 7) is 3.01. The molecule has 2 aromatic heterocycles. The van der Waals surface area contributed by atoms with Crippen molar-refractivity contribution >= 4 is 34.6 Å². The molecule has 1 unspecified atom stereocenters. The van der Waals surface area contributed by atoms with Gasteiger partial charge in [-0.25, -0.2) is 0 Å². The van der Waals surface area contributed by atoms with E-state index >= 15 is 0 Å². The van der Waals surface area contributed by atoms with Crippen LogP contribution in [0.25, 0.3) is 11.0 Å². The van der Waals surface area contributed by atoms with Gasteiger partial charge in [0.05, 0.1) is 11.6 Å². The lowest BCUT2D eigenvalue weighted by atomic mass is 10.2. The van der Waals surface area contributed by atoms with Crippen molar-refractivity contribution in [1.82, 2.24) is 20.2 Å². The topological polar surface area (TPSA) is 69.7 Å². The molecular formula is C13H20N6S. The van der Waals surface area contributed by atoms with Gasteiger partial charge in [0.15, 0.2) is 5.65 Å². The molecule has 0 saturated carbocycles. The third-order valence-electron chi connectivity index (χ3n) is 3.61. The van der Waals surface area contributed by atoms with Crippen molar-refractivity contribution < 1.29 is 0 Å². The Morgan fingerprint density at radius 3 is 3.15 bits per heavy atom. The molecule has 1 fully saturated rings. The number of rotatable bonds is 5. The van der Waals surface area contributed by atoms with E-state index in [-0.39, 0.29) is 0 Å². The summed E-state index contributed by atoms with van der Waals surface area (Å²) in [5.74, 6) is 4.04. The van der Waals surface area contributed by atoms with Crippen LogP contribution in [0, 0.1) is 0 Å². The lowest BCUT2D eigenvalue weighted by Gasteiger charge is -2.25. The van der Waals surface area contributed by atoms with Crippen molar-refractivity contribution in [2.75, 3.05) is 35.3 Å². The highest BCUT2D eigenvalue weighted by Crippen LogP contribution is 2.29. The summed E-state index contributed by atoms with van der Waals surface area (Å²) < 4.78 is 0. The summed E-state index contributed by atoms with van der Waals surface area (Å²) in [7, 11) is 2.12. The molecule has 1 aliphatic rings. The number of aromatic nitrogens is 4. The van der Waals surface area contributed by atoms with Gasteiger partial charge < -0.3 is 10.2 Å². The summed E-state index contributed by atoms with van der Waals surface area (Å²) in [5, 5.41) is 11.3. The lowest BCUT2D eigenvalue weighted by molar-refractivity contribution is 0.693. The van der Waals surface area contributed by atoms with Gasteiger partial charge in [-0.1, -0.05) is 6.92 Å². The molecule has 1 aliphatic heterocycles. The van der Waals surface area contributed by atoms with Crippen molar-refractivity contribution in [3.63, 3.8) is 0 Å². The van der Waals surface area contributed by atoms with Crippen LogP contribution in [0.3, 0.4) is 0 Å². The Morgan fingerprint density at radius 2 is 2.40 bits per heavy atom. The zero-order chi connectivity index (χ0) is 13.9. The minimum atomic E-state index is 0.548. The Hall–Kier alpha value is -1.50. The maximum Gasteiger partial charge on any atom is 0.226 e. The third kappa shape index (κ3) is 2.54. The number of hydrogen-bond donors (Lipinski definition) is 2. The van der Waals surface area contributed by atoms with E-state index in [2.05, 4.69) is 44.4 Å². The van der Waals surface area contributed by atoms with Crippen molar-refractivity contribution in [2.24, 2.45) is 0 Å². The maximum atomic E-state index is 4.69. The second-order valence-electron chi connectivity index (χ2n) is 5.06. The first kappa shape index (κ1) is 13.5. The summed E-state index contributed by atoms with van der Waals surface area (Å²) in [6, 6.07) is 0.548. The first-order chi connectivity index (χ1) is 9.79. The normalized spacial score (nSPS) is 18.6. The number of nitrogens with one attached hydrogen (secondary N) is 2. The van der Waals surface area contributed by atoms with Gasteiger partial charge in [-0.15, -0.1) is 0 Å². The molecule has 3 rings (SSSR count). The third-order valence-corrected chi connectivity index (χ3v) is 4.76. The molecule has 7 heteroatoms. The number of nitrogens with zero attached hydrogens (tertiary/aromatic N) is 4. The van der Waals surface area contributed by atoms with Crippen LogP contribution in [0.2, 0.25) is 0 Å². The lowest BCUT2D eigenvalue weighted by Crippen LogP contribution is -2.32. The van der Waals surface area contributed by atoms with E-state index < -0.39 is 0 Å². The van der Waals surface area contributed by atoms with Crippen LogP contribution in [0.4, 0.5) is 11.8 Å². The van der Waals surface area contributed by atoms with Crippen LogP contribution in [0.5, 0.6) is 0 Å². The quantitative estimate of drug-likeness (QED) is 0.879. The Labute approximate surface area is 122 Å². The molecule has 6 nitrogen and oxygen atoms in total. The predicted octanol–water partition coefficient (Wildman–Crippen LogP) is 2.12. The van der Waals surface area contributed by atoms with Gasteiger partial charge in [-0.2, -0.15) is 26.8 Å². The van der Waals surface area contributed by atoms with Crippen LogP contribution in [0.15, 0.2) is 6.20 Å². The standard InChI is InChI=1S/C13H20N6S/c1-3-5-14-13-16-11-10(7-15-18-11)12(17-13)19(2)9-4-6-20-8-9/h7,9H,3-6,8H2,1-2H3,(H2,14,15,16,17,18). The van der Waals surface area contributed by atoms with Crippen LogP contribution in [0.1, 0.15) is 19.8 Å². The van der Waals surface area contributed by atoms with E-state index in [0.29, 0.717) is 12.0 Å². The van der Waals surface area contributed by atoms with E-state index in [0.717, 1.165) is 35.6 Å². The van der Waals surface area contributed by atoms with Gasteiger partial charge in [0.1, 0.15) is 5.82 Å². The molecule has 1 atom stereocenters. The number of aromatic amines is 1. The summed E-state index contributed by atoms with van der Waals surface area (Å²) >= 11 is 2.01. The van der Waals surface area contributed by atoms with E-state index in [4.69, 9.17) is 0 Å². The van der Waals surface area contributed by atoms with Gasteiger partial charge in [0.25, 0.3) is 0 Å². The number of fused-ring (bicyclic) bond motifs is 1. The monoisotopic (exact) mass is 292 g/mol. The van der Waals surface area contributed by atoms with Crippen molar-refractivity contribution in [3.8, 4) is 0 Å². The summed E-state index contributed by atoms with van der Waals surface area (Å²) in [6.07, 6.45) is 4.07. The summed E-state index contributed by atoms with van der Waals surface area (Å²) in [5.41, 5.74) is 0.797. The molecule has 2 N–H and O–H groups in total. The van der Waals surface area contributed by atoms with E-state index in [1.54, 1.807) is 0 Å². The number of hydrogen-bond acceptors (Lipinski definition) is 6. The molecule has 0 aromatic carbocycles. The molecule has 0 spiro atoms. The highest BCUT2D eigenvalue weighted by atomic mass is 32.2. The molecule has 0 radical (unpaired) electrons. The fourth-order valence-electron chi connectivity index (χ4n) is 2.40. The largest absolute Gasteiger partial charge is 0.355 e. The number of thioether (sulfide) groups is 1. The second kappa shape index (κ2) is 5.87. The molecule has 2 aromatic rings. The molecule has 1 saturated heterocycles. The fourth-order valence-corrected chi connectivity index (χ4v) is 3.67. The Morgan fingerprint density at radius 1 is 1.50 bits per heavy atom. The fraction of sp³-hybridized carbons (Fsp3) is 0.615. The van der Waals surface area contributed by atoms with Crippen molar-refractivity contribution in [1.29, 1.82) is 0 Å². The minimum Gasteiger partial charge on any atom is -0.355 e. The van der Waals surface area contributed by atoms with Crippen LogP contribution < -0.4 is 10.2 Å². The van der Waals surface area contributed by atoms with E-state index in [1.165, 1.54) is 12.2 Å². The molecule has 108 valence electrons. The number of anilines is 2. The van der Waals surface area contributed by atoms with Gasteiger partial charge in [-0.05, 0) is 18.6 Å². The zero-order valence-corrected chi connectivity index (χ0v) is 12.7. The average molecular weight is 292 g/mol. The number of H-pyrrole nitrogens is 1. The first-order valence-corrected chi connectivity index (χ1v) is 8.20. The summed E-state index contributed by atoms with van der Waals surface area (Å²) in [4.78, 5) is 11.4. The molecule has 0 aliphatic carbocycles. The minimum absolute atomic E-state index is 0.548. The van der Waals surface area contributed by atoms with Crippen molar-refractivity contribution in [2.45, 2.75) is 25.8 Å². The second-order valence-corrected chi connectivity index (χ2v) is 6.21. The Bertz CT molecular complexity index is 577. The average Bonchev–Trinajstić information content (AvgIpc) is 3.13. The maximum absolute atomic E-state index is 4.69. The molecule has 20 heavy (non-hydrogen) atoms. The highest BCUT2D eigenvalue weighted by molar-refractivity contribution is 7.99.